The van der Waals surface area contributed by atoms with Crippen LogP contribution in [0.15, 0.2) is 30.5 Å². The molecule has 1 aliphatic rings. The number of likely N-dealkylation sites (tertiary alicyclic amines) is 1. The quantitative estimate of drug-likeness (QED) is 0.659. The van der Waals surface area contributed by atoms with Crippen molar-refractivity contribution in [1.82, 2.24) is 14.7 Å². The number of nitriles is 1. The minimum atomic E-state index is -1.22. The van der Waals surface area contributed by atoms with Crippen LogP contribution in [0.1, 0.15) is 29.2 Å². The number of nitrogens with zero attached hydrogens (tertiary/aromatic N) is 4. The number of piperidine rings is 1. The number of rotatable bonds is 6. The third kappa shape index (κ3) is 4.17. The number of hydrogen-bond acceptors (Lipinski definition) is 5. The summed E-state index contributed by atoms with van der Waals surface area (Å²) in [7, 11) is 0. The van der Waals surface area contributed by atoms with E-state index < -0.39 is 42.5 Å². The minimum absolute atomic E-state index is 0.0544. The largest absolute Gasteiger partial charge is 0.465 e. The number of alkyl halides is 1. The number of nitrogens with one attached hydrogen (secondary N) is 1. The lowest BCUT2D eigenvalue weighted by Crippen LogP contribution is -2.51. The van der Waals surface area contributed by atoms with Crippen molar-refractivity contribution in [2.24, 2.45) is 11.7 Å². The minimum Gasteiger partial charge on any atom is -0.465 e. The smallest absolute Gasteiger partial charge is 0.407 e. The first-order valence-corrected chi connectivity index (χ1v) is 9.22. The molecule has 3 atom stereocenters. The Morgan fingerprint density at radius 3 is 2.63 bits per heavy atom. The van der Waals surface area contributed by atoms with Crippen LogP contribution in [0.5, 0.6) is 0 Å². The van der Waals surface area contributed by atoms with Crippen molar-refractivity contribution in [3.8, 4) is 6.07 Å². The van der Waals surface area contributed by atoms with Crippen molar-refractivity contribution >= 4 is 23.5 Å². The average Bonchev–Trinajstić information content (AvgIpc) is 3.13. The van der Waals surface area contributed by atoms with E-state index in [2.05, 4.69) is 16.5 Å². The Balaban J connectivity index is 1.94. The predicted molar refractivity (Wildman–Crippen MR) is 102 cm³/mol. The van der Waals surface area contributed by atoms with Crippen LogP contribution in [0, 0.1) is 23.1 Å². The van der Waals surface area contributed by atoms with Gasteiger partial charge in [0.1, 0.15) is 11.4 Å². The summed E-state index contributed by atoms with van der Waals surface area (Å²) >= 11 is 0. The molecule has 1 aromatic heterocycles. The van der Waals surface area contributed by atoms with Crippen LogP contribution < -0.4 is 11.1 Å². The van der Waals surface area contributed by atoms with Gasteiger partial charge in [-0.3, -0.25) is 13.9 Å². The van der Waals surface area contributed by atoms with Gasteiger partial charge in [-0.15, -0.1) is 0 Å². The van der Waals surface area contributed by atoms with Crippen LogP contribution in [0.2, 0.25) is 0 Å². The summed E-state index contributed by atoms with van der Waals surface area (Å²) in [5.74, 6) is -1.94. The van der Waals surface area contributed by atoms with E-state index in [1.807, 2.05) is 0 Å². The molecule has 0 bridgehead atoms. The maximum atomic E-state index is 13.1. The van der Waals surface area contributed by atoms with Gasteiger partial charge in [-0.1, -0.05) is 0 Å². The summed E-state index contributed by atoms with van der Waals surface area (Å²) in [6.45, 7) is -0.683. The van der Waals surface area contributed by atoms with Gasteiger partial charge in [0.25, 0.3) is 5.91 Å². The van der Waals surface area contributed by atoms with Crippen molar-refractivity contribution in [3.63, 3.8) is 0 Å². The summed E-state index contributed by atoms with van der Waals surface area (Å²) in [6.07, 6.45) is 0.296. The Bertz CT molecular complexity index is 972. The number of halogens is 2. The van der Waals surface area contributed by atoms with E-state index in [0.717, 1.165) is 4.90 Å². The zero-order valence-electron chi connectivity index (χ0n) is 15.8. The Hall–Kier alpha value is -3.68. The number of benzene rings is 1. The van der Waals surface area contributed by atoms with E-state index in [4.69, 9.17) is 5.73 Å². The zero-order chi connectivity index (χ0) is 21.8. The summed E-state index contributed by atoms with van der Waals surface area (Å²) in [4.78, 5) is 24.5. The molecule has 2 aromatic rings. The molecule has 0 aliphatic carbocycles. The first-order chi connectivity index (χ1) is 14.3. The Labute approximate surface area is 170 Å². The van der Waals surface area contributed by atoms with Gasteiger partial charge >= 0.3 is 6.09 Å². The van der Waals surface area contributed by atoms with Crippen molar-refractivity contribution < 1.29 is 23.5 Å². The zero-order valence-corrected chi connectivity index (χ0v) is 15.8. The topological polar surface area (TPSA) is 137 Å². The molecule has 9 nitrogen and oxygen atoms in total. The molecule has 2 heterocycles. The van der Waals surface area contributed by atoms with Crippen LogP contribution in [0.4, 0.5) is 25.1 Å². The SMILES string of the molecule is N#C[C@H]1C(CCF)N(C(=O)O)CC[C@@H]1n1cc(C(N)=O)c(Nc2ccc(F)cc2)n1. The van der Waals surface area contributed by atoms with Crippen LogP contribution >= 0.6 is 0 Å². The number of carboxylic acid groups (broad SMARTS) is 1. The monoisotopic (exact) mass is 418 g/mol. The fourth-order valence-corrected chi connectivity index (χ4v) is 3.72. The van der Waals surface area contributed by atoms with Crippen molar-refractivity contribution in [1.29, 1.82) is 5.26 Å². The third-order valence-electron chi connectivity index (χ3n) is 5.14. The number of anilines is 2. The third-order valence-corrected chi connectivity index (χ3v) is 5.14. The molecule has 11 heteroatoms. The van der Waals surface area contributed by atoms with Crippen molar-refractivity contribution in [3.05, 3.63) is 41.8 Å². The molecule has 3 rings (SSSR count). The molecular formula is C19H20F2N6O3. The maximum absolute atomic E-state index is 13.1. The Morgan fingerprint density at radius 2 is 2.07 bits per heavy atom. The standard InChI is InChI=1S/C19H20F2N6O3/c20-7-5-15-13(9-22)16(6-8-26(15)19(29)30)27-10-14(17(23)28)18(25-27)24-12-3-1-11(21)2-4-12/h1-4,10,13,15-16H,5-8H2,(H2,23,28)(H,24,25)(H,29,30)/t13-,15?,16-/m0/s1. The van der Waals surface area contributed by atoms with Crippen LogP contribution in [-0.4, -0.2) is 51.0 Å². The molecule has 1 fully saturated rings. The number of hydrogen-bond donors (Lipinski definition) is 3. The number of primary amides is 1. The second-order valence-electron chi connectivity index (χ2n) is 6.90. The molecule has 0 saturated carbocycles. The van der Waals surface area contributed by atoms with Gasteiger partial charge in [0.05, 0.1) is 30.7 Å². The molecular weight excluding hydrogens is 398 g/mol. The highest BCUT2D eigenvalue weighted by molar-refractivity contribution is 5.98. The van der Waals surface area contributed by atoms with Gasteiger partial charge in [0, 0.05) is 18.4 Å². The van der Waals surface area contributed by atoms with Gasteiger partial charge in [-0.25, -0.2) is 9.18 Å². The molecule has 0 radical (unpaired) electrons. The van der Waals surface area contributed by atoms with E-state index >= 15 is 0 Å². The summed E-state index contributed by atoms with van der Waals surface area (Å²) in [6, 6.07) is 6.04. The second kappa shape index (κ2) is 8.77. The van der Waals surface area contributed by atoms with Gasteiger partial charge in [-0.2, -0.15) is 10.4 Å². The highest BCUT2D eigenvalue weighted by atomic mass is 19.1. The summed E-state index contributed by atoms with van der Waals surface area (Å²) in [5, 5.41) is 26.3. The maximum Gasteiger partial charge on any atom is 0.407 e. The van der Waals surface area contributed by atoms with E-state index in [-0.39, 0.29) is 30.8 Å². The summed E-state index contributed by atoms with van der Waals surface area (Å²) in [5.41, 5.74) is 5.97. The van der Waals surface area contributed by atoms with Crippen LogP contribution in [0.3, 0.4) is 0 Å². The van der Waals surface area contributed by atoms with E-state index in [0.29, 0.717) is 5.69 Å². The van der Waals surface area contributed by atoms with Gasteiger partial charge in [-0.05, 0) is 37.1 Å². The van der Waals surface area contributed by atoms with Crippen LogP contribution in [-0.2, 0) is 0 Å². The number of amides is 2. The number of nitrogens with two attached hydrogens (primary N) is 1. The first kappa shape index (κ1) is 21.0. The lowest BCUT2D eigenvalue weighted by atomic mass is 9.84. The lowest BCUT2D eigenvalue weighted by molar-refractivity contribution is 0.0602. The molecule has 0 spiro atoms. The number of aromatic nitrogens is 2. The van der Waals surface area contributed by atoms with Gasteiger partial charge < -0.3 is 21.1 Å². The fourth-order valence-electron chi connectivity index (χ4n) is 3.72. The van der Waals surface area contributed by atoms with E-state index in [9.17, 15) is 28.7 Å². The Morgan fingerprint density at radius 1 is 1.37 bits per heavy atom. The molecule has 4 N–H and O–H groups in total. The molecule has 2 amide bonds. The van der Waals surface area contributed by atoms with E-state index in [1.165, 1.54) is 35.1 Å². The first-order valence-electron chi connectivity index (χ1n) is 9.22. The molecule has 158 valence electrons. The predicted octanol–water partition coefficient (Wildman–Crippen LogP) is 2.66. The molecule has 1 aromatic carbocycles. The molecule has 1 saturated heterocycles. The van der Waals surface area contributed by atoms with E-state index in [1.54, 1.807) is 0 Å². The van der Waals surface area contributed by atoms with Crippen LogP contribution in [0.25, 0.3) is 0 Å². The average molecular weight is 418 g/mol. The van der Waals surface area contributed by atoms with Crippen molar-refractivity contribution in [2.75, 3.05) is 18.5 Å². The van der Waals surface area contributed by atoms with Gasteiger partial charge in [0.2, 0.25) is 0 Å². The highest BCUT2D eigenvalue weighted by Gasteiger charge is 2.42. The number of carbonyl (C=O) groups excluding carboxylic acids is 1. The normalized spacial score (nSPS) is 21.1. The lowest BCUT2D eigenvalue weighted by Gasteiger charge is -2.41. The van der Waals surface area contributed by atoms with Crippen molar-refractivity contribution in [2.45, 2.75) is 24.9 Å². The highest BCUT2D eigenvalue weighted by Crippen LogP contribution is 2.35. The number of carbonyl (C=O) groups is 2. The second-order valence-corrected chi connectivity index (χ2v) is 6.90. The summed E-state index contributed by atoms with van der Waals surface area (Å²) < 4.78 is 27.6. The fraction of sp³-hybridized carbons (Fsp3) is 0.368. The molecule has 1 unspecified atom stereocenters. The molecule has 1 aliphatic heterocycles. The van der Waals surface area contributed by atoms with Gasteiger partial charge in [0.15, 0.2) is 5.82 Å². The Kier molecular flexibility index (Phi) is 6.15. The molecule has 30 heavy (non-hydrogen) atoms.